The van der Waals surface area contributed by atoms with Crippen molar-refractivity contribution in [3.63, 3.8) is 0 Å². The first-order valence-electron chi connectivity index (χ1n) is 10.2. The average molecular weight is 490 g/mol. The minimum Gasteiger partial charge on any atom is -0.464 e. The van der Waals surface area contributed by atoms with Crippen LogP contribution in [-0.2, 0) is 0 Å². The Morgan fingerprint density at radius 2 is 1.71 bits per heavy atom. The van der Waals surface area contributed by atoms with E-state index in [0.29, 0.717) is 5.02 Å². The number of rotatable bonds is 2. The molecule has 2 atom stereocenters. The summed E-state index contributed by atoms with van der Waals surface area (Å²) in [6.45, 7) is 0. The van der Waals surface area contributed by atoms with Crippen LogP contribution in [0.1, 0.15) is 35.4 Å². The summed E-state index contributed by atoms with van der Waals surface area (Å²) >= 11 is 9.86. The molecule has 31 heavy (non-hydrogen) atoms. The lowest BCUT2D eigenvalue weighted by molar-refractivity contribution is -0.0190. The normalized spacial score (nSPS) is 19.5. The zero-order chi connectivity index (χ0) is 20.9. The summed E-state index contributed by atoms with van der Waals surface area (Å²) in [5.41, 5.74) is 4.36. The van der Waals surface area contributed by atoms with Gasteiger partial charge >= 0.3 is 0 Å². The van der Waals surface area contributed by atoms with Crippen LogP contribution in [0, 0.1) is 0 Å². The van der Waals surface area contributed by atoms with Gasteiger partial charge in [0.25, 0.3) is 0 Å². The molecule has 0 fully saturated rings. The molecule has 5 heteroatoms. The van der Waals surface area contributed by atoms with E-state index in [1.54, 1.807) is 0 Å². The fourth-order valence-corrected chi connectivity index (χ4v) is 4.89. The first-order chi connectivity index (χ1) is 15.2. The maximum Gasteiger partial charge on any atom is 0.213 e. The second-order valence-electron chi connectivity index (χ2n) is 7.91. The Balaban J connectivity index is 1.45. The highest BCUT2D eigenvalue weighted by Gasteiger charge is 2.41. The SMILES string of the molecule is Clc1ccc2c(c1)[C@@H]1CC(c3ccc4ccccc4c3)=NN1[C@H](c1ccc(Br)cc1)O2. The van der Waals surface area contributed by atoms with Gasteiger partial charge in [-0.05, 0) is 52.7 Å². The zero-order valence-electron chi connectivity index (χ0n) is 16.5. The molecule has 0 aliphatic carbocycles. The molecule has 0 N–H and O–H groups in total. The van der Waals surface area contributed by atoms with E-state index in [2.05, 4.69) is 75.5 Å². The molecule has 0 radical (unpaired) electrons. The van der Waals surface area contributed by atoms with Crippen molar-refractivity contribution in [2.45, 2.75) is 18.7 Å². The summed E-state index contributed by atoms with van der Waals surface area (Å²) in [6, 6.07) is 29.1. The van der Waals surface area contributed by atoms with Crippen LogP contribution >= 0.6 is 27.5 Å². The van der Waals surface area contributed by atoms with Gasteiger partial charge in [-0.2, -0.15) is 5.10 Å². The third kappa shape index (κ3) is 3.31. The standard InChI is InChI=1S/C26H18BrClN2O/c27-20-9-7-17(8-10-20)26-30-24(22-14-21(28)11-12-25(22)31-26)15-23(29-30)19-6-5-16-3-1-2-4-18(16)13-19/h1-14,24,26H,15H2/t24-,26-/m0/s1. The van der Waals surface area contributed by atoms with E-state index in [9.17, 15) is 0 Å². The van der Waals surface area contributed by atoms with Gasteiger partial charge in [-0.25, -0.2) is 5.01 Å². The van der Waals surface area contributed by atoms with Crippen LogP contribution in [0.4, 0.5) is 0 Å². The average Bonchev–Trinajstić information content (AvgIpc) is 3.25. The smallest absolute Gasteiger partial charge is 0.213 e. The van der Waals surface area contributed by atoms with Gasteiger partial charge in [0, 0.05) is 27.0 Å². The molecule has 0 saturated heterocycles. The molecule has 4 aromatic carbocycles. The van der Waals surface area contributed by atoms with Crippen molar-refractivity contribution in [3.05, 3.63) is 111 Å². The number of ether oxygens (including phenoxy) is 1. The van der Waals surface area contributed by atoms with Gasteiger partial charge in [0.05, 0.1) is 11.8 Å². The second kappa shape index (κ2) is 7.40. The monoisotopic (exact) mass is 488 g/mol. The second-order valence-corrected chi connectivity index (χ2v) is 9.26. The maximum absolute atomic E-state index is 6.43. The molecular formula is C26H18BrClN2O. The predicted octanol–water partition coefficient (Wildman–Crippen LogP) is 7.50. The summed E-state index contributed by atoms with van der Waals surface area (Å²) < 4.78 is 7.47. The molecule has 0 bridgehead atoms. The molecule has 3 nitrogen and oxygen atoms in total. The molecule has 0 aromatic heterocycles. The Morgan fingerprint density at radius 1 is 0.903 bits per heavy atom. The van der Waals surface area contributed by atoms with Gasteiger partial charge < -0.3 is 4.74 Å². The van der Waals surface area contributed by atoms with E-state index in [4.69, 9.17) is 21.4 Å². The quantitative estimate of drug-likeness (QED) is 0.291. The molecule has 0 spiro atoms. The fraction of sp³-hybridized carbons (Fsp3) is 0.115. The Morgan fingerprint density at radius 3 is 2.55 bits per heavy atom. The number of halogens is 2. The number of hydrogen-bond acceptors (Lipinski definition) is 3. The lowest BCUT2D eigenvalue weighted by Crippen LogP contribution is -2.33. The molecule has 0 amide bonds. The largest absolute Gasteiger partial charge is 0.464 e. The van der Waals surface area contributed by atoms with Crippen molar-refractivity contribution in [3.8, 4) is 5.75 Å². The van der Waals surface area contributed by atoms with Crippen LogP contribution in [0.3, 0.4) is 0 Å². The van der Waals surface area contributed by atoms with Crippen LogP contribution in [-0.4, -0.2) is 10.7 Å². The highest BCUT2D eigenvalue weighted by molar-refractivity contribution is 9.10. The first-order valence-corrected chi connectivity index (χ1v) is 11.4. The third-order valence-electron chi connectivity index (χ3n) is 5.99. The van der Waals surface area contributed by atoms with E-state index in [-0.39, 0.29) is 12.3 Å². The van der Waals surface area contributed by atoms with Crippen molar-refractivity contribution in [2.75, 3.05) is 0 Å². The molecule has 0 unspecified atom stereocenters. The van der Waals surface area contributed by atoms with Crippen LogP contribution < -0.4 is 4.74 Å². The fourth-order valence-electron chi connectivity index (χ4n) is 4.45. The van der Waals surface area contributed by atoms with E-state index in [0.717, 1.165) is 39.0 Å². The van der Waals surface area contributed by atoms with Crippen LogP contribution in [0.5, 0.6) is 5.75 Å². The van der Waals surface area contributed by atoms with Crippen molar-refractivity contribution in [1.29, 1.82) is 0 Å². The first kappa shape index (κ1) is 18.9. The van der Waals surface area contributed by atoms with E-state index >= 15 is 0 Å². The lowest BCUT2D eigenvalue weighted by atomic mass is 9.95. The van der Waals surface area contributed by atoms with Crippen LogP contribution in [0.2, 0.25) is 5.02 Å². The van der Waals surface area contributed by atoms with Gasteiger partial charge in [0.15, 0.2) is 0 Å². The summed E-state index contributed by atoms with van der Waals surface area (Å²) in [5.74, 6) is 0.869. The Bertz CT molecular complexity index is 1340. The van der Waals surface area contributed by atoms with E-state index < -0.39 is 0 Å². The number of nitrogens with zero attached hydrogens (tertiary/aromatic N) is 2. The van der Waals surface area contributed by atoms with E-state index in [1.807, 2.05) is 30.3 Å². The topological polar surface area (TPSA) is 24.8 Å². The van der Waals surface area contributed by atoms with Gasteiger partial charge in [0.2, 0.25) is 6.23 Å². The minimum atomic E-state index is -0.287. The van der Waals surface area contributed by atoms with Crippen LogP contribution in [0.25, 0.3) is 10.8 Å². The molecule has 6 rings (SSSR count). The summed E-state index contributed by atoms with van der Waals surface area (Å²) in [4.78, 5) is 0. The predicted molar refractivity (Wildman–Crippen MR) is 129 cm³/mol. The van der Waals surface area contributed by atoms with Gasteiger partial charge in [0.1, 0.15) is 5.75 Å². The number of fused-ring (bicyclic) bond motifs is 4. The number of benzene rings is 4. The van der Waals surface area contributed by atoms with Crippen molar-refractivity contribution >= 4 is 44.0 Å². The van der Waals surface area contributed by atoms with Gasteiger partial charge in [-0.3, -0.25) is 0 Å². The number of hydrogen-bond donors (Lipinski definition) is 0. The van der Waals surface area contributed by atoms with Crippen LogP contribution in [0.15, 0.2) is 94.5 Å². The molecule has 2 aliphatic heterocycles. The maximum atomic E-state index is 6.43. The van der Waals surface area contributed by atoms with E-state index in [1.165, 1.54) is 10.8 Å². The Kier molecular flexibility index (Phi) is 4.51. The highest BCUT2D eigenvalue weighted by Crippen LogP contribution is 2.48. The van der Waals surface area contributed by atoms with Gasteiger partial charge in [-0.15, -0.1) is 0 Å². The Labute approximate surface area is 194 Å². The molecule has 4 aromatic rings. The summed E-state index contributed by atoms with van der Waals surface area (Å²) in [7, 11) is 0. The van der Waals surface area contributed by atoms with Gasteiger partial charge in [-0.1, -0.05) is 76.1 Å². The summed E-state index contributed by atoms with van der Waals surface area (Å²) in [6.07, 6.45) is 0.520. The minimum absolute atomic E-state index is 0.0811. The molecule has 2 heterocycles. The number of hydrazone groups is 1. The molecule has 0 saturated carbocycles. The third-order valence-corrected chi connectivity index (χ3v) is 6.75. The van der Waals surface area contributed by atoms with Crippen molar-refractivity contribution in [2.24, 2.45) is 5.10 Å². The lowest BCUT2D eigenvalue weighted by Gasteiger charge is -2.38. The zero-order valence-corrected chi connectivity index (χ0v) is 18.8. The summed E-state index contributed by atoms with van der Waals surface area (Å²) in [5, 5.41) is 10.3. The highest BCUT2D eigenvalue weighted by atomic mass is 79.9. The molecule has 2 aliphatic rings. The van der Waals surface area contributed by atoms with Crippen molar-refractivity contribution in [1.82, 2.24) is 5.01 Å². The molecular weight excluding hydrogens is 472 g/mol. The van der Waals surface area contributed by atoms with Crippen molar-refractivity contribution < 1.29 is 4.74 Å². The molecule has 152 valence electrons. The Hall–Kier alpha value is -2.82.